The molecule has 1 aromatic carbocycles. The van der Waals surface area contributed by atoms with Crippen LogP contribution >= 0.6 is 11.3 Å². The van der Waals surface area contributed by atoms with E-state index >= 15 is 0 Å². The van der Waals surface area contributed by atoms with Crippen LogP contribution in [0, 0.1) is 0 Å². The van der Waals surface area contributed by atoms with E-state index < -0.39 is 0 Å². The third-order valence-electron chi connectivity index (χ3n) is 4.36. The van der Waals surface area contributed by atoms with E-state index in [1.165, 1.54) is 10.4 Å². The van der Waals surface area contributed by atoms with Crippen LogP contribution in [0.15, 0.2) is 47.8 Å². The van der Waals surface area contributed by atoms with Crippen molar-refractivity contribution in [3.8, 4) is 0 Å². The van der Waals surface area contributed by atoms with E-state index in [9.17, 15) is 4.79 Å². The van der Waals surface area contributed by atoms with Crippen LogP contribution in [0.3, 0.4) is 0 Å². The second-order valence-corrected chi connectivity index (χ2v) is 6.61. The van der Waals surface area contributed by atoms with Crippen molar-refractivity contribution in [2.75, 3.05) is 6.54 Å². The maximum absolute atomic E-state index is 12.9. The first-order chi connectivity index (χ1) is 10.7. The molecule has 0 saturated carbocycles. The Balaban J connectivity index is 1.68. The number of para-hydroxylation sites is 1. The fourth-order valence-corrected chi connectivity index (χ4v) is 4.08. The number of fused-ring (bicyclic) bond motifs is 2. The van der Waals surface area contributed by atoms with Gasteiger partial charge in [-0.25, -0.2) is 4.98 Å². The summed E-state index contributed by atoms with van der Waals surface area (Å²) in [6, 6.07) is 14.0. The van der Waals surface area contributed by atoms with E-state index in [1.807, 2.05) is 41.3 Å². The second-order valence-electron chi connectivity index (χ2n) is 5.61. The van der Waals surface area contributed by atoms with Gasteiger partial charge >= 0.3 is 0 Å². The van der Waals surface area contributed by atoms with Gasteiger partial charge in [-0.05, 0) is 42.5 Å². The monoisotopic (exact) mass is 308 g/mol. The zero-order valence-electron chi connectivity index (χ0n) is 12.3. The fourth-order valence-electron chi connectivity index (χ4n) is 3.12. The Morgan fingerprint density at radius 1 is 1.23 bits per heavy atom. The first-order valence-corrected chi connectivity index (χ1v) is 8.35. The van der Waals surface area contributed by atoms with Crippen molar-refractivity contribution in [1.82, 2.24) is 9.88 Å². The minimum Gasteiger partial charge on any atom is -0.330 e. The van der Waals surface area contributed by atoms with Crippen molar-refractivity contribution in [2.24, 2.45) is 0 Å². The average Bonchev–Trinajstić information content (AvgIpc) is 3.04. The van der Waals surface area contributed by atoms with E-state index in [4.69, 9.17) is 0 Å². The highest BCUT2D eigenvalue weighted by Crippen LogP contribution is 2.33. The van der Waals surface area contributed by atoms with Gasteiger partial charge in [0.25, 0.3) is 5.91 Å². The number of thiophene rings is 1. The van der Waals surface area contributed by atoms with Crippen molar-refractivity contribution in [1.29, 1.82) is 0 Å². The van der Waals surface area contributed by atoms with Gasteiger partial charge in [-0.3, -0.25) is 4.79 Å². The number of amides is 1. The topological polar surface area (TPSA) is 33.2 Å². The lowest BCUT2D eigenvalue weighted by atomic mass is 10.0. The van der Waals surface area contributed by atoms with E-state index in [0.29, 0.717) is 5.69 Å². The Bertz CT molecular complexity index is 855. The maximum Gasteiger partial charge on any atom is 0.272 e. The molecule has 1 aliphatic heterocycles. The molecule has 0 bridgehead atoms. The molecule has 3 aromatic rings. The van der Waals surface area contributed by atoms with Gasteiger partial charge in [0.2, 0.25) is 0 Å². The quantitative estimate of drug-likeness (QED) is 0.679. The van der Waals surface area contributed by atoms with Crippen molar-refractivity contribution >= 4 is 28.1 Å². The molecule has 1 amide bonds. The van der Waals surface area contributed by atoms with Crippen LogP contribution in [-0.2, 0) is 6.42 Å². The van der Waals surface area contributed by atoms with Crippen molar-refractivity contribution in [3.05, 3.63) is 64.0 Å². The lowest BCUT2D eigenvalue weighted by molar-refractivity contribution is 0.0674. The number of carbonyl (C=O) groups excluding carboxylic acids is 1. The second kappa shape index (κ2) is 5.21. The molecule has 110 valence electrons. The number of hydrogen-bond acceptors (Lipinski definition) is 3. The van der Waals surface area contributed by atoms with Crippen LogP contribution in [0.2, 0.25) is 0 Å². The van der Waals surface area contributed by atoms with Crippen LogP contribution in [-0.4, -0.2) is 22.3 Å². The number of pyridine rings is 1. The summed E-state index contributed by atoms with van der Waals surface area (Å²) in [7, 11) is 0. The third-order valence-corrected chi connectivity index (χ3v) is 5.35. The molecule has 0 fully saturated rings. The molecule has 0 unspecified atom stereocenters. The largest absolute Gasteiger partial charge is 0.330 e. The molecular formula is C18H16N2OS. The van der Waals surface area contributed by atoms with Crippen LogP contribution in [0.1, 0.15) is 33.9 Å². The lowest BCUT2D eigenvalue weighted by Gasteiger charge is -2.33. The molecule has 3 heterocycles. The summed E-state index contributed by atoms with van der Waals surface area (Å²) in [5.74, 6) is 0.0232. The minimum atomic E-state index is 0.0232. The van der Waals surface area contributed by atoms with Gasteiger partial charge in [0, 0.05) is 16.8 Å². The highest BCUT2D eigenvalue weighted by Gasteiger charge is 2.29. The van der Waals surface area contributed by atoms with Crippen molar-refractivity contribution in [3.63, 3.8) is 0 Å². The van der Waals surface area contributed by atoms with Gasteiger partial charge in [0.05, 0.1) is 11.6 Å². The molecule has 4 heteroatoms. The predicted octanol–water partition coefficient (Wildman–Crippen LogP) is 4.06. The van der Waals surface area contributed by atoms with Gasteiger partial charge in [0.15, 0.2) is 0 Å². The Labute approximate surface area is 133 Å². The molecule has 3 nitrogen and oxygen atoms in total. The third kappa shape index (κ3) is 2.11. The van der Waals surface area contributed by atoms with Crippen LogP contribution in [0.4, 0.5) is 0 Å². The number of nitrogens with zero attached hydrogens (tertiary/aromatic N) is 2. The maximum atomic E-state index is 12.9. The summed E-state index contributed by atoms with van der Waals surface area (Å²) >= 11 is 1.79. The summed E-state index contributed by atoms with van der Waals surface area (Å²) < 4.78 is 0. The zero-order valence-corrected chi connectivity index (χ0v) is 13.1. The summed E-state index contributed by atoms with van der Waals surface area (Å²) in [5.41, 5.74) is 2.68. The van der Waals surface area contributed by atoms with Gasteiger partial charge in [0.1, 0.15) is 5.69 Å². The molecule has 2 aromatic heterocycles. The number of hydrogen-bond donors (Lipinski definition) is 0. The van der Waals surface area contributed by atoms with Crippen LogP contribution in [0.5, 0.6) is 0 Å². The van der Waals surface area contributed by atoms with Crippen molar-refractivity contribution < 1.29 is 4.79 Å². The van der Waals surface area contributed by atoms with Gasteiger partial charge < -0.3 is 4.90 Å². The number of rotatable bonds is 1. The molecular weight excluding hydrogens is 292 g/mol. The van der Waals surface area contributed by atoms with E-state index in [2.05, 4.69) is 23.4 Å². The molecule has 0 N–H and O–H groups in total. The average molecular weight is 308 g/mol. The smallest absolute Gasteiger partial charge is 0.272 e. The van der Waals surface area contributed by atoms with Gasteiger partial charge in [-0.1, -0.05) is 24.3 Å². The number of carbonyl (C=O) groups is 1. The standard InChI is InChI=1S/C18H16N2OS/c1-12-14-9-11-22-17(14)8-10-20(12)18(21)16-7-6-13-4-2-3-5-15(13)19-16/h2-7,9,11-12H,8,10H2,1H3/t12-/m0/s1. The minimum absolute atomic E-state index is 0.0232. The van der Waals surface area contributed by atoms with E-state index in [-0.39, 0.29) is 11.9 Å². The highest BCUT2D eigenvalue weighted by atomic mass is 32.1. The zero-order chi connectivity index (χ0) is 15.1. The van der Waals surface area contributed by atoms with E-state index in [0.717, 1.165) is 23.9 Å². The number of aromatic nitrogens is 1. The van der Waals surface area contributed by atoms with E-state index in [1.54, 1.807) is 11.3 Å². The molecule has 1 atom stereocenters. The van der Waals surface area contributed by atoms with Crippen LogP contribution in [0.25, 0.3) is 10.9 Å². The van der Waals surface area contributed by atoms with Gasteiger partial charge in [-0.15, -0.1) is 11.3 Å². The molecule has 4 rings (SSSR count). The Morgan fingerprint density at radius 3 is 3.00 bits per heavy atom. The molecule has 0 spiro atoms. The number of benzene rings is 1. The molecule has 0 aliphatic carbocycles. The summed E-state index contributed by atoms with van der Waals surface area (Å²) in [5, 5.41) is 3.18. The SMILES string of the molecule is C[C@H]1c2ccsc2CCN1C(=O)c1ccc2ccccc2n1. The molecule has 22 heavy (non-hydrogen) atoms. The first-order valence-electron chi connectivity index (χ1n) is 7.47. The molecule has 1 aliphatic rings. The van der Waals surface area contributed by atoms with Crippen molar-refractivity contribution in [2.45, 2.75) is 19.4 Å². The molecule has 0 saturated heterocycles. The predicted molar refractivity (Wildman–Crippen MR) is 89.2 cm³/mol. The Kier molecular flexibility index (Phi) is 3.19. The Hall–Kier alpha value is -2.20. The fraction of sp³-hybridized carbons (Fsp3) is 0.222. The summed E-state index contributed by atoms with van der Waals surface area (Å²) in [6.45, 7) is 2.87. The molecule has 0 radical (unpaired) electrons. The lowest BCUT2D eigenvalue weighted by Crippen LogP contribution is -2.38. The summed E-state index contributed by atoms with van der Waals surface area (Å²) in [6.07, 6.45) is 0.941. The first kappa shape index (κ1) is 13.5. The normalized spacial score (nSPS) is 17.5. The van der Waals surface area contributed by atoms with Crippen LogP contribution < -0.4 is 0 Å². The van der Waals surface area contributed by atoms with Gasteiger partial charge in [-0.2, -0.15) is 0 Å². The Morgan fingerprint density at radius 2 is 2.09 bits per heavy atom. The highest BCUT2D eigenvalue weighted by molar-refractivity contribution is 7.10. The summed E-state index contributed by atoms with van der Waals surface area (Å²) in [4.78, 5) is 20.7.